The molecule has 1 spiro atoms. The Morgan fingerprint density at radius 2 is 1.39 bits per heavy atom. The van der Waals surface area contributed by atoms with E-state index in [1.54, 1.807) is 71.3 Å². The van der Waals surface area contributed by atoms with Gasteiger partial charge in [-0.05, 0) is 75.0 Å². The van der Waals surface area contributed by atoms with Crippen molar-refractivity contribution in [2.45, 2.75) is 51.6 Å². The van der Waals surface area contributed by atoms with Gasteiger partial charge in [-0.15, -0.1) is 45.3 Å². The summed E-state index contributed by atoms with van der Waals surface area (Å²) in [4.78, 5) is 60.5. The molecule has 9 nitrogen and oxygen atoms in total. The average molecular weight is 723 g/mol. The lowest BCUT2D eigenvalue weighted by molar-refractivity contribution is -0.140. The highest BCUT2D eigenvalue weighted by Crippen LogP contribution is 2.62. The van der Waals surface area contributed by atoms with Crippen molar-refractivity contribution in [3.8, 4) is 21.6 Å². The molecule has 13 heteroatoms. The van der Waals surface area contributed by atoms with Crippen LogP contribution in [-0.2, 0) is 24.8 Å². The second-order valence-electron chi connectivity index (χ2n) is 12.6. The number of rotatable bonds is 2. The summed E-state index contributed by atoms with van der Waals surface area (Å²) in [5.74, 6) is -1.12. The number of imide groups is 2. The Hall–Kier alpha value is -4.66. The molecule has 4 amide bonds. The minimum absolute atomic E-state index is 0.0179. The van der Waals surface area contributed by atoms with Crippen LogP contribution in [0.3, 0.4) is 0 Å². The van der Waals surface area contributed by atoms with E-state index in [0.717, 1.165) is 81.1 Å². The molecule has 8 rings (SSSR count). The zero-order valence-electron chi connectivity index (χ0n) is 26.8. The summed E-state index contributed by atoms with van der Waals surface area (Å²) >= 11 is 6.55. The summed E-state index contributed by atoms with van der Waals surface area (Å²) in [6.07, 6.45) is 8.57. The average Bonchev–Trinajstić information content (AvgIpc) is 3.84. The number of carbonyl (C=O) groups is 4. The van der Waals surface area contributed by atoms with Crippen LogP contribution in [0.5, 0.6) is 5.75 Å². The first kappa shape index (κ1) is 31.6. The van der Waals surface area contributed by atoms with Crippen LogP contribution >= 0.6 is 45.3 Å². The van der Waals surface area contributed by atoms with Gasteiger partial charge in [-0.1, -0.05) is 6.42 Å². The molecule has 1 aliphatic carbocycles. The molecule has 0 unspecified atom stereocenters. The Bertz CT molecular complexity index is 2460. The summed E-state index contributed by atoms with van der Waals surface area (Å²) < 4.78 is 11.5. The molecule has 49 heavy (non-hydrogen) atoms. The van der Waals surface area contributed by atoms with E-state index in [1.165, 1.54) is 24.5 Å². The molecule has 1 fully saturated rings. The first-order chi connectivity index (χ1) is 23.5. The van der Waals surface area contributed by atoms with Crippen LogP contribution in [-0.4, -0.2) is 47.5 Å². The highest BCUT2D eigenvalue weighted by Gasteiger charge is 2.46. The van der Waals surface area contributed by atoms with E-state index < -0.39 is 29.2 Å². The molecule has 244 valence electrons. The summed E-state index contributed by atoms with van der Waals surface area (Å²) in [6, 6.07) is 6.11. The number of nitriles is 1. The van der Waals surface area contributed by atoms with Gasteiger partial charge in [0.25, 0.3) is 29.3 Å². The van der Waals surface area contributed by atoms with Gasteiger partial charge in [0.05, 0.1) is 30.4 Å². The number of ether oxygens (including phenoxy) is 1. The number of amides is 4. The molecule has 0 radical (unpaired) electrons. The van der Waals surface area contributed by atoms with Gasteiger partial charge in [0, 0.05) is 45.3 Å². The fraction of sp³-hybridized carbons (Fsp3) is 0.278. The summed E-state index contributed by atoms with van der Waals surface area (Å²) in [7, 11) is 2.80. The fourth-order valence-corrected chi connectivity index (χ4v) is 12.5. The van der Waals surface area contributed by atoms with Crippen LogP contribution in [0.2, 0.25) is 0 Å². The van der Waals surface area contributed by atoms with Gasteiger partial charge < -0.3 is 4.74 Å². The van der Waals surface area contributed by atoms with E-state index in [9.17, 15) is 24.4 Å². The largest absolute Gasteiger partial charge is 0.479 e. The lowest BCUT2D eigenvalue weighted by atomic mass is 9.78. The number of hydrogen-bond donors (Lipinski definition) is 0. The molecule has 3 aliphatic heterocycles. The van der Waals surface area contributed by atoms with Crippen molar-refractivity contribution in [2.24, 2.45) is 0 Å². The summed E-state index contributed by atoms with van der Waals surface area (Å²) in [5, 5.41) is 9.60. The lowest BCUT2D eigenvalue weighted by Crippen LogP contribution is -2.39. The zero-order chi connectivity index (χ0) is 34.5. The third kappa shape index (κ3) is 4.50. The Balaban J connectivity index is 1.25. The number of fused-ring (bicyclic) bond motifs is 8. The van der Waals surface area contributed by atoms with Gasteiger partial charge in [-0.2, -0.15) is 5.26 Å². The monoisotopic (exact) mass is 722 g/mol. The van der Waals surface area contributed by atoms with Crippen molar-refractivity contribution >= 4 is 99.9 Å². The highest BCUT2D eigenvalue weighted by molar-refractivity contribution is 7.35. The van der Waals surface area contributed by atoms with Gasteiger partial charge in [0.15, 0.2) is 5.75 Å². The second-order valence-corrected chi connectivity index (χ2v) is 16.8. The van der Waals surface area contributed by atoms with Crippen molar-refractivity contribution in [1.29, 1.82) is 5.26 Å². The molecule has 0 saturated heterocycles. The first-order valence-corrected chi connectivity index (χ1v) is 18.8. The van der Waals surface area contributed by atoms with Crippen molar-refractivity contribution in [1.82, 2.24) is 9.80 Å². The van der Waals surface area contributed by atoms with Gasteiger partial charge in [0.2, 0.25) is 0 Å². The fourth-order valence-electron chi connectivity index (χ4n) is 7.14. The minimum Gasteiger partial charge on any atom is -0.479 e. The van der Waals surface area contributed by atoms with E-state index in [0.29, 0.717) is 22.3 Å². The number of hydrogen-bond acceptors (Lipinski definition) is 10. The maximum Gasteiger partial charge on any atom is 0.271 e. The van der Waals surface area contributed by atoms with E-state index in [1.807, 2.05) is 6.07 Å². The molecular formula is C36H26N4O5S4. The standard InChI is InChI=1S/C36H26N4O5S4/c1-16-20(32(41)39(4)34(43)22(16)15-37)11-18-13-23-28(46-18)25-30(48-23)31-27(45-36(25)9-7-6-8-10-36)29-24(49-31)14-19(47-29)12-21-17(2)26(38-3)35(44)40(5)33(21)42/h11-14H,6-10H2,1-2,4-5H3/b20-11+,21-12+. The molecule has 4 aromatic rings. The van der Waals surface area contributed by atoms with Crippen LogP contribution in [0.1, 0.15) is 61.3 Å². The topological polar surface area (TPSA) is 112 Å². The number of nitrogens with zero attached hydrogens (tertiary/aromatic N) is 4. The van der Waals surface area contributed by atoms with E-state index >= 15 is 0 Å². The smallest absolute Gasteiger partial charge is 0.271 e. The van der Waals surface area contributed by atoms with Crippen molar-refractivity contribution in [3.05, 3.63) is 72.4 Å². The summed E-state index contributed by atoms with van der Waals surface area (Å²) in [5.41, 5.74) is 2.14. The van der Waals surface area contributed by atoms with E-state index in [-0.39, 0.29) is 11.3 Å². The predicted octanol–water partition coefficient (Wildman–Crippen LogP) is 8.26. The van der Waals surface area contributed by atoms with Gasteiger partial charge in [-0.25, -0.2) is 4.85 Å². The molecule has 0 N–H and O–H groups in total. The number of likely N-dealkylation sites (N-methyl/N-ethyl adjacent to an activating group) is 2. The van der Waals surface area contributed by atoms with Gasteiger partial charge in [-0.3, -0.25) is 29.0 Å². The van der Waals surface area contributed by atoms with Crippen LogP contribution in [0.25, 0.3) is 45.6 Å². The van der Waals surface area contributed by atoms with Crippen LogP contribution in [0.15, 0.2) is 45.7 Å². The van der Waals surface area contributed by atoms with Crippen LogP contribution in [0, 0.1) is 17.9 Å². The lowest BCUT2D eigenvalue weighted by Gasteiger charge is -2.40. The molecule has 4 aromatic heterocycles. The zero-order valence-corrected chi connectivity index (χ0v) is 30.1. The predicted molar refractivity (Wildman–Crippen MR) is 193 cm³/mol. The number of carbonyl (C=O) groups excluding carboxylic acids is 4. The maximum absolute atomic E-state index is 13.1. The van der Waals surface area contributed by atoms with Gasteiger partial charge >= 0.3 is 0 Å². The quantitative estimate of drug-likeness (QED) is 0.117. The Labute approximate surface area is 297 Å². The molecule has 7 heterocycles. The maximum atomic E-state index is 13.1. The van der Waals surface area contributed by atoms with Crippen molar-refractivity contribution < 1.29 is 23.9 Å². The van der Waals surface area contributed by atoms with E-state index in [2.05, 4.69) is 17.0 Å². The van der Waals surface area contributed by atoms with Crippen molar-refractivity contribution in [3.63, 3.8) is 0 Å². The van der Waals surface area contributed by atoms with E-state index in [4.69, 9.17) is 11.3 Å². The highest BCUT2D eigenvalue weighted by atomic mass is 32.1. The Kier molecular flexibility index (Phi) is 7.21. The first-order valence-electron chi connectivity index (χ1n) is 15.6. The molecule has 0 aromatic carbocycles. The van der Waals surface area contributed by atoms with Crippen molar-refractivity contribution in [2.75, 3.05) is 14.1 Å². The minimum atomic E-state index is -0.581. The molecule has 0 bridgehead atoms. The Morgan fingerprint density at radius 3 is 2.02 bits per heavy atom. The third-order valence-corrected chi connectivity index (χ3v) is 14.6. The van der Waals surface area contributed by atoms with Gasteiger partial charge in [0.1, 0.15) is 17.2 Å². The second kappa shape index (κ2) is 11.2. The normalized spacial score (nSPS) is 20.9. The molecule has 0 atom stereocenters. The Morgan fingerprint density at radius 1 is 0.816 bits per heavy atom. The SMILES string of the molecule is [C-]#[N+]C1=C(C)/C(=C\c2cc3sc4c(c3s2)OC2(CCCCC2)c2c-4sc3cc(/C=C4/C(=O)N(C)C(=O)C(C#N)=C4C)sc23)C(=O)N(C)C1=O. The van der Waals surface area contributed by atoms with Crippen LogP contribution in [0.4, 0.5) is 0 Å². The molecule has 4 aliphatic rings. The third-order valence-electron chi connectivity index (χ3n) is 9.78. The van der Waals surface area contributed by atoms with Crippen LogP contribution < -0.4 is 4.74 Å². The number of thiophene rings is 4. The molecular weight excluding hydrogens is 697 g/mol. The molecule has 1 saturated carbocycles. The summed E-state index contributed by atoms with van der Waals surface area (Å²) in [6.45, 7) is 10.8.